The molecule has 6 heteroatoms. The van der Waals surface area contributed by atoms with Gasteiger partial charge in [-0.3, -0.25) is 15.1 Å². The first-order chi connectivity index (χ1) is 8.09. The van der Waals surface area contributed by atoms with Gasteiger partial charge < -0.3 is 0 Å². The highest BCUT2D eigenvalue weighted by molar-refractivity contribution is 5.63. The van der Waals surface area contributed by atoms with Gasteiger partial charge in [0, 0.05) is 17.7 Å². The number of nitrogens with zero attached hydrogens (tertiary/aromatic N) is 2. The first-order valence-corrected chi connectivity index (χ1v) is 4.56. The molecule has 4 nitrogen and oxygen atoms in total. The Labute approximate surface area is 94.7 Å². The van der Waals surface area contributed by atoms with E-state index in [1.807, 2.05) is 0 Å². The molecule has 17 heavy (non-hydrogen) atoms. The van der Waals surface area contributed by atoms with E-state index in [1.165, 1.54) is 12.1 Å². The van der Waals surface area contributed by atoms with Gasteiger partial charge in [0.25, 0.3) is 0 Å². The summed E-state index contributed by atoms with van der Waals surface area (Å²) in [6.07, 6.45) is 0.893. The molecule has 0 bridgehead atoms. The Hall–Kier alpha value is -2.37. The van der Waals surface area contributed by atoms with Gasteiger partial charge in [0.15, 0.2) is 0 Å². The van der Waals surface area contributed by atoms with Gasteiger partial charge in [-0.15, -0.1) is 0 Å². The van der Waals surface area contributed by atoms with Crippen LogP contribution in [0.1, 0.15) is 0 Å². The molecule has 0 aliphatic carbocycles. The molecule has 1 aromatic heterocycles. The molecule has 0 unspecified atom stereocenters. The zero-order valence-corrected chi connectivity index (χ0v) is 8.35. The van der Waals surface area contributed by atoms with Crippen molar-refractivity contribution in [2.75, 3.05) is 0 Å². The minimum absolute atomic E-state index is 0.0209. The lowest BCUT2D eigenvalue weighted by Gasteiger charge is -2.02. The summed E-state index contributed by atoms with van der Waals surface area (Å²) in [7, 11) is 0. The summed E-state index contributed by atoms with van der Waals surface area (Å²) in [6.45, 7) is 0. The van der Waals surface area contributed by atoms with Crippen molar-refractivity contribution in [1.82, 2.24) is 4.98 Å². The topological polar surface area (TPSA) is 56.0 Å². The molecule has 1 radical (unpaired) electrons. The van der Waals surface area contributed by atoms with Crippen LogP contribution in [0.5, 0.6) is 0 Å². The lowest BCUT2D eigenvalue weighted by atomic mass is 10.1. The molecule has 0 saturated heterocycles. The van der Waals surface area contributed by atoms with Crippen molar-refractivity contribution in [3.8, 4) is 11.3 Å². The summed E-state index contributed by atoms with van der Waals surface area (Å²) >= 11 is 0. The molecule has 0 fully saturated rings. The monoisotopic (exact) mass is 235 g/mol. The minimum Gasteiger partial charge on any atom is -0.258 e. The predicted molar refractivity (Wildman–Crippen MR) is 55.1 cm³/mol. The molecule has 0 atom stereocenters. The van der Waals surface area contributed by atoms with Crippen molar-refractivity contribution in [2.24, 2.45) is 0 Å². The maximum atomic E-state index is 13.7. The van der Waals surface area contributed by atoms with Crippen LogP contribution in [0, 0.1) is 27.8 Å². The van der Waals surface area contributed by atoms with Gasteiger partial charge in [0.1, 0.15) is 5.82 Å². The van der Waals surface area contributed by atoms with E-state index in [4.69, 9.17) is 0 Å². The predicted octanol–water partition coefficient (Wildman–Crippen LogP) is 2.74. The lowest BCUT2D eigenvalue weighted by molar-refractivity contribution is -0.387. The molecule has 0 N–H and O–H groups in total. The molecule has 0 aliphatic heterocycles. The SMILES string of the molecule is O=[N+]([O-])c1cccc(-c2[c]cc(F)cn2)c1F. The number of pyridine rings is 1. The fourth-order valence-electron chi connectivity index (χ4n) is 1.33. The smallest absolute Gasteiger partial charge is 0.258 e. The zero-order valence-electron chi connectivity index (χ0n) is 8.35. The fourth-order valence-corrected chi connectivity index (χ4v) is 1.33. The van der Waals surface area contributed by atoms with Crippen molar-refractivity contribution in [2.45, 2.75) is 0 Å². The van der Waals surface area contributed by atoms with E-state index >= 15 is 0 Å². The van der Waals surface area contributed by atoms with Crippen molar-refractivity contribution < 1.29 is 13.7 Å². The van der Waals surface area contributed by atoms with E-state index < -0.39 is 22.2 Å². The van der Waals surface area contributed by atoms with Crippen LogP contribution in [-0.2, 0) is 0 Å². The van der Waals surface area contributed by atoms with Crippen LogP contribution < -0.4 is 0 Å². The second-order valence-corrected chi connectivity index (χ2v) is 3.18. The molecule has 1 heterocycles. The average molecular weight is 235 g/mol. The van der Waals surface area contributed by atoms with Gasteiger partial charge >= 0.3 is 5.69 Å². The standard InChI is InChI=1S/C11H5F2N2O2/c12-7-4-5-9(14-6-7)8-2-1-3-10(11(8)13)15(16)17/h1-4,6H. The molecule has 2 aromatic rings. The van der Waals surface area contributed by atoms with E-state index in [1.54, 1.807) is 0 Å². The fraction of sp³-hybridized carbons (Fsp3) is 0. The molecular formula is C11H5F2N2O2. The Morgan fingerprint density at radius 2 is 2.12 bits per heavy atom. The summed E-state index contributed by atoms with van der Waals surface area (Å²) in [5.41, 5.74) is -0.714. The van der Waals surface area contributed by atoms with Gasteiger partial charge in [0.2, 0.25) is 5.82 Å². The third kappa shape index (κ3) is 2.10. The van der Waals surface area contributed by atoms with Crippen molar-refractivity contribution in [1.29, 1.82) is 0 Å². The van der Waals surface area contributed by atoms with Gasteiger partial charge in [0.05, 0.1) is 16.8 Å². The normalized spacial score (nSPS) is 10.2. The summed E-state index contributed by atoms with van der Waals surface area (Å²) < 4.78 is 26.3. The number of nitro groups is 1. The van der Waals surface area contributed by atoms with Crippen LogP contribution >= 0.6 is 0 Å². The van der Waals surface area contributed by atoms with E-state index in [-0.39, 0.29) is 11.3 Å². The Kier molecular flexibility index (Phi) is 2.78. The first kappa shape index (κ1) is 11.1. The van der Waals surface area contributed by atoms with Gasteiger partial charge in [-0.1, -0.05) is 6.07 Å². The highest BCUT2D eigenvalue weighted by atomic mass is 19.1. The summed E-state index contributed by atoms with van der Waals surface area (Å²) in [5.74, 6) is -1.62. The van der Waals surface area contributed by atoms with Crippen LogP contribution in [-0.4, -0.2) is 9.91 Å². The average Bonchev–Trinajstić information content (AvgIpc) is 2.30. The quantitative estimate of drug-likeness (QED) is 0.594. The lowest BCUT2D eigenvalue weighted by Crippen LogP contribution is -1.96. The molecular weight excluding hydrogens is 230 g/mol. The number of benzene rings is 1. The number of hydrogen-bond donors (Lipinski definition) is 0. The molecule has 85 valence electrons. The van der Waals surface area contributed by atoms with Gasteiger partial charge in [-0.25, -0.2) is 4.39 Å². The number of rotatable bonds is 2. The van der Waals surface area contributed by atoms with E-state index in [2.05, 4.69) is 11.1 Å². The van der Waals surface area contributed by atoms with E-state index in [0.29, 0.717) is 0 Å². The van der Waals surface area contributed by atoms with Crippen molar-refractivity contribution in [3.05, 3.63) is 58.3 Å². The largest absolute Gasteiger partial charge is 0.305 e. The molecule has 0 aliphatic rings. The molecule has 0 amide bonds. The maximum absolute atomic E-state index is 13.7. The third-order valence-electron chi connectivity index (χ3n) is 2.09. The highest BCUT2D eigenvalue weighted by Gasteiger charge is 2.18. The van der Waals surface area contributed by atoms with Crippen LogP contribution in [0.3, 0.4) is 0 Å². The second-order valence-electron chi connectivity index (χ2n) is 3.18. The molecule has 0 saturated carbocycles. The Bertz CT molecular complexity index is 570. The van der Waals surface area contributed by atoms with Crippen molar-refractivity contribution in [3.63, 3.8) is 0 Å². The van der Waals surface area contributed by atoms with E-state index in [0.717, 1.165) is 18.3 Å². The van der Waals surface area contributed by atoms with Gasteiger partial charge in [-0.2, -0.15) is 4.39 Å². The molecule has 2 rings (SSSR count). The van der Waals surface area contributed by atoms with Crippen LogP contribution in [0.2, 0.25) is 0 Å². The Morgan fingerprint density at radius 3 is 2.71 bits per heavy atom. The highest BCUT2D eigenvalue weighted by Crippen LogP contribution is 2.27. The Morgan fingerprint density at radius 1 is 1.35 bits per heavy atom. The number of aromatic nitrogens is 1. The first-order valence-electron chi connectivity index (χ1n) is 4.56. The van der Waals surface area contributed by atoms with E-state index in [9.17, 15) is 18.9 Å². The second kappa shape index (κ2) is 4.25. The zero-order chi connectivity index (χ0) is 12.4. The summed E-state index contributed by atoms with van der Waals surface area (Å²) in [4.78, 5) is 13.3. The molecule has 0 spiro atoms. The molecule has 1 aromatic carbocycles. The summed E-state index contributed by atoms with van der Waals surface area (Å²) in [6, 6.07) is 7.09. The number of hydrogen-bond acceptors (Lipinski definition) is 3. The maximum Gasteiger partial charge on any atom is 0.305 e. The number of nitro benzene ring substituents is 1. The number of halogens is 2. The van der Waals surface area contributed by atoms with Crippen LogP contribution in [0.15, 0.2) is 30.5 Å². The van der Waals surface area contributed by atoms with Crippen LogP contribution in [0.4, 0.5) is 14.5 Å². The van der Waals surface area contributed by atoms with Crippen molar-refractivity contribution >= 4 is 5.69 Å². The van der Waals surface area contributed by atoms with Gasteiger partial charge in [-0.05, 0) is 12.1 Å². The Balaban J connectivity index is 2.56. The minimum atomic E-state index is -1.01. The third-order valence-corrected chi connectivity index (χ3v) is 2.09. The van der Waals surface area contributed by atoms with Crippen LogP contribution in [0.25, 0.3) is 11.3 Å². The summed E-state index contributed by atoms with van der Waals surface area (Å²) in [5, 5.41) is 10.5.